The van der Waals surface area contributed by atoms with Crippen LogP contribution in [0.4, 0.5) is 0 Å². The molecule has 2 aromatic rings. The smallest absolute Gasteiger partial charge is 0.255 e. The number of amides is 2. The predicted molar refractivity (Wildman–Crippen MR) is 107 cm³/mol. The van der Waals surface area contributed by atoms with Gasteiger partial charge in [0.05, 0.1) is 11.3 Å². The van der Waals surface area contributed by atoms with E-state index in [9.17, 15) is 9.59 Å². The van der Waals surface area contributed by atoms with Crippen LogP contribution in [0.5, 0.6) is 0 Å². The highest BCUT2D eigenvalue weighted by Gasteiger charge is 2.28. The van der Waals surface area contributed by atoms with Crippen molar-refractivity contribution in [2.45, 2.75) is 40.2 Å². The Bertz CT molecular complexity index is 809. The van der Waals surface area contributed by atoms with E-state index in [0.29, 0.717) is 44.0 Å². The molecule has 1 atom stereocenters. The van der Waals surface area contributed by atoms with E-state index in [0.717, 1.165) is 17.9 Å². The Morgan fingerprint density at radius 2 is 2.04 bits per heavy atom. The van der Waals surface area contributed by atoms with Crippen LogP contribution in [0.25, 0.3) is 0 Å². The van der Waals surface area contributed by atoms with E-state index >= 15 is 0 Å². The van der Waals surface area contributed by atoms with Crippen LogP contribution in [0.1, 0.15) is 41.5 Å². The van der Waals surface area contributed by atoms with Crippen LogP contribution >= 0.6 is 0 Å². The Morgan fingerprint density at radius 3 is 2.64 bits per heavy atom. The van der Waals surface area contributed by atoms with Gasteiger partial charge in [-0.25, -0.2) is 0 Å². The minimum atomic E-state index is -0.0289. The van der Waals surface area contributed by atoms with E-state index in [1.165, 1.54) is 0 Å². The lowest BCUT2D eigenvalue weighted by molar-refractivity contribution is -0.126. The molecule has 7 heteroatoms. The lowest BCUT2D eigenvalue weighted by Gasteiger charge is -2.31. The fourth-order valence-corrected chi connectivity index (χ4v) is 3.66. The predicted octanol–water partition coefficient (Wildman–Crippen LogP) is 2.20. The highest BCUT2D eigenvalue weighted by molar-refractivity contribution is 5.94. The number of pyridine rings is 1. The maximum atomic E-state index is 12.5. The average Bonchev–Trinajstić information content (AvgIpc) is 3.03. The fraction of sp³-hybridized carbons (Fsp3) is 0.524. The van der Waals surface area contributed by atoms with E-state index in [-0.39, 0.29) is 17.7 Å². The molecule has 1 aliphatic rings. The van der Waals surface area contributed by atoms with Crippen LogP contribution < -0.4 is 5.32 Å². The number of piperidine rings is 1. The van der Waals surface area contributed by atoms with Gasteiger partial charge in [-0.3, -0.25) is 19.3 Å². The Labute approximate surface area is 166 Å². The van der Waals surface area contributed by atoms with E-state index in [1.807, 2.05) is 23.4 Å². The normalized spacial score (nSPS) is 16.0. The second-order valence-electron chi connectivity index (χ2n) is 7.77. The first-order chi connectivity index (χ1) is 13.4. The molecule has 0 aromatic carbocycles. The number of likely N-dealkylation sites (tertiary alicyclic amines) is 1. The number of rotatable bonds is 6. The van der Waals surface area contributed by atoms with Crippen molar-refractivity contribution in [1.29, 1.82) is 0 Å². The summed E-state index contributed by atoms with van der Waals surface area (Å²) in [5.74, 6) is 0.354. The molecule has 0 spiro atoms. The van der Waals surface area contributed by atoms with Crippen molar-refractivity contribution in [2.75, 3.05) is 19.6 Å². The standard InChI is InChI=1S/C21H29N5O2/c1-15(14-26-17(3)11-16(2)24-26)12-23-20(27)18-6-9-25(10-7-18)21(28)19-5-4-8-22-13-19/h4-5,8,11,13,15,18H,6-7,9-10,12,14H2,1-3H3,(H,23,27). The molecule has 0 bridgehead atoms. The van der Waals surface area contributed by atoms with Crippen molar-refractivity contribution in [2.24, 2.45) is 11.8 Å². The van der Waals surface area contributed by atoms with E-state index in [2.05, 4.69) is 28.4 Å². The molecule has 150 valence electrons. The summed E-state index contributed by atoms with van der Waals surface area (Å²) in [6.45, 7) is 8.78. The summed E-state index contributed by atoms with van der Waals surface area (Å²) in [4.78, 5) is 30.8. The molecular formula is C21H29N5O2. The number of nitrogens with one attached hydrogen (secondary N) is 1. The molecule has 0 aliphatic carbocycles. The van der Waals surface area contributed by atoms with Gasteiger partial charge in [0, 0.05) is 50.2 Å². The lowest BCUT2D eigenvalue weighted by atomic mass is 9.95. The van der Waals surface area contributed by atoms with Gasteiger partial charge >= 0.3 is 0 Å². The molecule has 1 N–H and O–H groups in total. The van der Waals surface area contributed by atoms with Crippen LogP contribution in [-0.4, -0.2) is 51.1 Å². The SMILES string of the molecule is Cc1cc(C)n(CC(C)CNC(=O)C2CCN(C(=O)c3cccnc3)CC2)n1. The third kappa shape index (κ3) is 4.97. The van der Waals surface area contributed by atoms with Crippen molar-refractivity contribution in [1.82, 2.24) is 25.0 Å². The van der Waals surface area contributed by atoms with Gasteiger partial charge in [-0.1, -0.05) is 6.92 Å². The molecule has 3 rings (SSSR count). The molecule has 3 heterocycles. The summed E-state index contributed by atoms with van der Waals surface area (Å²) in [6.07, 6.45) is 4.64. The molecule has 7 nitrogen and oxygen atoms in total. The van der Waals surface area contributed by atoms with E-state index in [1.54, 1.807) is 24.5 Å². The largest absolute Gasteiger partial charge is 0.356 e. The number of carbonyl (C=O) groups is 2. The second kappa shape index (κ2) is 8.99. The first kappa shape index (κ1) is 20.0. The van der Waals surface area contributed by atoms with Gasteiger partial charge in [0.2, 0.25) is 5.91 Å². The molecule has 0 saturated carbocycles. The summed E-state index contributed by atoms with van der Waals surface area (Å²) in [5.41, 5.74) is 2.76. The number of nitrogens with zero attached hydrogens (tertiary/aromatic N) is 4. The molecular weight excluding hydrogens is 354 g/mol. The maximum absolute atomic E-state index is 12.5. The van der Waals surface area contributed by atoms with Crippen molar-refractivity contribution in [3.8, 4) is 0 Å². The van der Waals surface area contributed by atoms with Gasteiger partial charge in [-0.15, -0.1) is 0 Å². The van der Waals surface area contributed by atoms with Crippen LogP contribution in [0.15, 0.2) is 30.6 Å². The number of aryl methyl sites for hydroxylation is 2. The van der Waals surface area contributed by atoms with Crippen LogP contribution in [0, 0.1) is 25.7 Å². The van der Waals surface area contributed by atoms with E-state index in [4.69, 9.17) is 0 Å². The molecule has 2 amide bonds. The number of hydrogen-bond donors (Lipinski definition) is 1. The third-order valence-electron chi connectivity index (χ3n) is 5.27. The van der Waals surface area contributed by atoms with Gasteiger partial charge in [-0.2, -0.15) is 5.10 Å². The zero-order chi connectivity index (χ0) is 20.1. The lowest BCUT2D eigenvalue weighted by Crippen LogP contribution is -2.43. The van der Waals surface area contributed by atoms with Crippen LogP contribution in [-0.2, 0) is 11.3 Å². The minimum absolute atomic E-state index is 0.00883. The monoisotopic (exact) mass is 383 g/mol. The van der Waals surface area contributed by atoms with E-state index < -0.39 is 0 Å². The molecule has 28 heavy (non-hydrogen) atoms. The zero-order valence-corrected chi connectivity index (χ0v) is 16.9. The number of aromatic nitrogens is 3. The highest BCUT2D eigenvalue weighted by Crippen LogP contribution is 2.19. The third-order valence-corrected chi connectivity index (χ3v) is 5.27. The molecule has 1 aliphatic heterocycles. The van der Waals surface area contributed by atoms with Gasteiger partial charge in [0.25, 0.3) is 5.91 Å². The Morgan fingerprint density at radius 1 is 1.29 bits per heavy atom. The van der Waals surface area contributed by atoms with Gasteiger partial charge in [0.15, 0.2) is 0 Å². The minimum Gasteiger partial charge on any atom is -0.356 e. The second-order valence-corrected chi connectivity index (χ2v) is 7.77. The number of hydrogen-bond acceptors (Lipinski definition) is 4. The quantitative estimate of drug-likeness (QED) is 0.829. The highest BCUT2D eigenvalue weighted by atomic mass is 16.2. The van der Waals surface area contributed by atoms with Crippen molar-refractivity contribution < 1.29 is 9.59 Å². The molecule has 2 aromatic heterocycles. The average molecular weight is 383 g/mol. The Hall–Kier alpha value is -2.70. The first-order valence-electron chi connectivity index (χ1n) is 9.92. The zero-order valence-electron chi connectivity index (χ0n) is 16.9. The van der Waals surface area contributed by atoms with Crippen LogP contribution in [0.3, 0.4) is 0 Å². The summed E-state index contributed by atoms with van der Waals surface area (Å²) < 4.78 is 1.99. The maximum Gasteiger partial charge on any atom is 0.255 e. The van der Waals surface area contributed by atoms with Crippen LogP contribution in [0.2, 0.25) is 0 Å². The topological polar surface area (TPSA) is 80.1 Å². The molecule has 1 fully saturated rings. The van der Waals surface area contributed by atoms with Gasteiger partial charge in [0.1, 0.15) is 0 Å². The number of carbonyl (C=O) groups excluding carboxylic acids is 2. The molecule has 1 unspecified atom stereocenters. The Kier molecular flexibility index (Phi) is 6.44. The molecule has 0 radical (unpaired) electrons. The first-order valence-corrected chi connectivity index (χ1v) is 9.92. The molecule has 1 saturated heterocycles. The Balaban J connectivity index is 1.42. The van der Waals surface area contributed by atoms with Gasteiger partial charge in [-0.05, 0) is 50.8 Å². The summed E-state index contributed by atoms with van der Waals surface area (Å²) in [5, 5.41) is 7.56. The van der Waals surface area contributed by atoms with Crippen molar-refractivity contribution in [3.05, 3.63) is 47.5 Å². The van der Waals surface area contributed by atoms with Crippen molar-refractivity contribution in [3.63, 3.8) is 0 Å². The van der Waals surface area contributed by atoms with Gasteiger partial charge < -0.3 is 10.2 Å². The van der Waals surface area contributed by atoms with Crippen molar-refractivity contribution >= 4 is 11.8 Å². The summed E-state index contributed by atoms with van der Waals surface area (Å²) in [6, 6.07) is 5.60. The summed E-state index contributed by atoms with van der Waals surface area (Å²) >= 11 is 0. The summed E-state index contributed by atoms with van der Waals surface area (Å²) in [7, 11) is 0. The fourth-order valence-electron chi connectivity index (χ4n) is 3.66.